The molecule has 2 N–H and O–H groups in total. The molecule has 1 unspecified atom stereocenters. The average molecular weight is 227 g/mol. The highest BCUT2D eigenvalue weighted by atomic mass is 16.5. The summed E-state index contributed by atoms with van der Waals surface area (Å²) in [6.45, 7) is 5.49. The molecule has 0 heterocycles. The molecule has 1 rings (SSSR count). The van der Waals surface area contributed by atoms with E-state index in [1.807, 2.05) is 0 Å². The Labute approximate surface area is 98.7 Å². The predicted octanol–water partition coefficient (Wildman–Crippen LogP) is 2.34. The second-order valence-corrected chi connectivity index (χ2v) is 5.39. The molecule has 94 valence electrons. The van der Waals surface area contributed by atoms with Gasteiger partial charge < -0.3 is 10.5 Å². The molecule has 3 heteroatoms. The van der Waals surface area contributed by atoms with Gasteiger partial charge in [-0.25, -0.2) is 0 Å². The van der Waals surface area contributed by atoms with Gasteiger partial charge in [0.15, 0.2) is 0 Å². The molecule has 0 amide bonds. The van der Waals surface area contributed by atoms with Gasteiger partial charge in [0.2, 0.25) is 0 Å². The van der Waals surface area contributed by atoms with Crippen LogP contribution in [0.2, 0.25) is 0 Å². The molecular weight excluding hydrogens is 202 g/mol. The zero-order chi connectivity index (χ0) is 12.0. The van der Waals surface area contributed by atoms with Crippen molar-refractivity contribution >= 4 is 5.97 Å². The summed E-state index contributed by atoms with van der Waals surface area (Å²) in [7, 11) is 0. The number of esters is 1. The zero-order valence-corrected chi connectivity index (χ0v) is 10.6. The molecule has 0 spiro atoms. The minimum atomic E-state index is -0.0725. The highest BCUT2D eigenvalue weighted by molar-refractivity contribution is 5.69. The van der Waals surface area contributed by atoms with Crippen molar-refractivity contribution in [3.63, 3.8) is 0 Å². The molecule has 3 nitrogen and oxygen atoms in total. The maximum absolute atomic E-state index is 11.5. The van der Waals surface area contributed by atoms with Crippen LogP contribution in [0.4, 0.5) is 0 Å². The van der Waals surface area contributed by atoms with E-state index in [-0.39, 0.29) is 11.9 Å². The summed E-state index contributed by atoms with van der Waals surface area (Å²) >= 11 is 0. The molecule has 0 saturated heterocycles. The van der Waals surface area contributed by atoms with Crippen LogP contribution in [0.5, 0.6) is 0 Å². The van der Waals surface area contributed by atoms with E-state index in [4.69, 9.17) is 10.5 Å². The molecule has 1 aliphatic carbocycles. The molecule has 1 saturated carbocycles. The number of hydrogen-bond acceptors (Lipinski definition) is 3. The monoisotopic (exact) mass is 227 g/mol. The molecule has 0 aromatic rings. The van der Waals surface area contributed by atoms with Crippen LogP contribution in [0.3, 0.4) is 0 Å². The fourth-order valence-electron chi connectivity index (χ4n) is 1.97. The molecule has 0 aromatic carbocycles. The number of ether oxygens (including phenoxy) is 1. The molecule has 1 fully saturated rings. The van der Waals surface area contributed by atoms with E-state index in [9.17, 15) is 4.79 Å². The van der Waals surface area contributed by atoms with Gasteiger partial charge in [-0.2, -0.15) is 0 Å². The number of carbonyl (C=O) groups excluding carboxylic acids is 1. The highest BCUT2D eigenvalue weighted by Gasteiger charge is 2.21. The van der Waals surface area contributed by atoms with Gasteiger partial charge >= 0.3 is 5.97 Å². The van der Waals surface area contributed by atoms with Gasteiger partial charge in [0.25, 0.3) is 0 Å². The number of rotatable bonds is 8. The summed E-state index contributed by atoms with van der Waals surface area (Å²) in [6.07, 6.45) is 5.17. The van der Waals surface area contributed by atoms with E-state index in [1.54, 1.807) is 0 Å². The Kier molecular flexibility index (Phi) is 5.81. The lowest BCUT2D eigenvalue weighted by molar-refractivity contribution is -0.145. The van der Waals surface area contributed by atoms with Crippen molar-refractivity contribution in [1.82, 2.24) is 0 Å². The molecule has 0 aliphatic heterocycles. The van der Waals surface area contributed by atoms with Gasteiger partial charge in [0, 0.05) is 6.42 Å². The summed E-state index contributed by atoms with van der Waals surface area (Å²) in [5, 5.41) is 0. The van der Waals surface area contributed by atoms with Crippen molar-refractivity contribution in [3.05, 3.63) is 0 Å². The van der Waals surface area contributed by atoms with Crippen LogP contribution < -0.4 is 5.73 Å². The smallest absolute Gasteiger partial charge is 0.306 e. The first-order valence-electron chi connectivity index (χ1n) is 6.47. The molecular formula is C13H25NO2. The SMILES string of the molecule is CC(C)CC(CN)CC(=O)OCCC1CC1. The molecule has 1 atom stereocenters. The molecule has 0 radical (unpaired) electrons. The predicted molar refractivity (Wildman–Crippen MR) is 64.9 cm³/mol. The van der Waals surface area contributed by atoms with Crippen molar-refractivity contribution in [2.24, 2.45) is 23.5 Å². The Morgan fingerprint density at radius 2 is 2.12 bits per heavy atom. The first kappa shape index (κ1) is 13.5. The third-order valence-corrected chi connectivity index (χ3v) is 3.08. The van der Waals surface area contributed by atoms with Gasteiger partial charge in [-0.1, -0.05) is 26.7 Å². The van der Waals surface area contributed by atoms with Crippen molar-refractivity contribution in [3.8, 4) is 0 Å². The van der Waals surface area contributed by atoms with Crippen LogP contribution in [0.15, 0.2) is 0 Å². The summed E-state index contributed by atoms with van der Waals surface area (Å²) in [5.74, 6) is 1.63. The van der Waals surface area contributed by atoms with E-state index in [1.165, 1.54) is 12.8 Å². The van der Waals surface area contributed by atoms with Gasteiger partial charge in [0.1, 0.15) is 0 Å². The quantitative estimate of drug-likeness (QED) is 0.648. The third kappa shape index (κ3) is 6.11. The first-order chi connectivity index (χ1) is 7.61. The van der Waals surface area contributed by atoms with E-state index >= 15 is 0 Å². The van der Waals surface area contributed by atoms with Crippen molar-refractivity contribution in [2.45, 2.75) is 46.0 Å². The topological polar surface area (TPSA) is 52.3 Å². The van der Waals surface area contributed by atoms with Gasteiger partial charge in [0.05, 0.1) is 6.61 Å². The largest absolute Gasteiger partial charge is 0.466 e. The Morgan fingerprint density at radius 3 is 2.62 bits per heavy atom. The second-order valence-electron chi connectivity index (χ2n) is 5.39. The van der Waals surface area contributed by atoms with E-state index in [0.29, 0.717) is 25.5 Å². The first-order valence-corrected chi connectivity index (χ1v) is 6.47. The van der Waals surface area contributed by atoms with Gasteiger partial charge in [-0.3, -0.25) is 4.79 Å². The van der Waals surface area contributed by atoms with E-state index in [2.05, 4.69) is 13.8 Å². The zero-order valence-electron chi connectivity index (χ0n) is 10.6. The lowest BCUT2D eigenvalue weighted by Gasteiger charge is -2.16. The Hall–Kier alpha value is -0.570. The van der Waals surface area contributed by atoms with E-state index < -0.39 is 0 Å². The fourth-order valence-corrected chi connectivity index (χ4v) is 1.97. The average Bonchev–Trinajstić information content (AvgIpc) is 3.00. The fraction of sp³-hybridized carbons (Fsp3) is 0.923. The van der Waals surface area contributed by atoms with Crippen molar-refractivity contribution < 1.29 is 9.53 Å². The van der Waals surface area contributed by atoms with Crippen molar-refractivity contribution in [1.29, 1.82) is 0 Å². The second kappa shape index (κ2) is 6.89. The van der Waals surface area contributed by atoms with Gasteiger partial charge in [-0.05, 0) is 37.1 Å². The highest BCUT2D eigenvalue weighted by Crippen LogP contribution is 2.32. The Morgan fingerprint density at radius 1 is 1.44 bits per heavy atom. The summed E-state index contributed by atoms with van der Waals surface area (Å²) in [4.78, 5) is 11.5. The molecule has 0 aromatic heterocycles. The van der Waals surface area contributed by atoms with E-state index in [0.717, 1.165) is 18.8 Å². The standard InChI is InChI=1S/C13H25NO2/c1-10(2)7-12(9-14)8-13(15)16-6-5-11-3-4-11/h10-12H,3-9,14H2,1-2H3. The number of hydrogen-bond donors (Lipinski definition) is 1. The summed E-state index contributed by atoms with van der Waals surface area (Å²) in [6, 6.07) is 0. The maximum Gasteiger partial charge on any atom is 0.306 e. The van der Waals surface area contributed by atoms with Crippen LogP contribution in [0, 0.1) is 17.8 Å². The lowest BCUT2D eigenvalue weighted by atomic mass is 9.94. The maximum atomic E-state index is 11.5. The summed E-state index contributed by atoms with van der Waals surface area (Å²) < 4.78 is 5.21. The lowest BCUT2D eigenvalue weighted by Crippen LogP contribution is -2.21. The normalized spacial score (nSPS) is 17.5. The van der Waals surface area contributed by atoms with Crippen LogP contribution in [-0.4, -0.2) is 19.1 Å². The number of carbonyl (C=O) groups is 1. The van der Waals surface area contributed by atoms with Crippen molar-refractivity contribution in [2.75, 3.05) is 13.2 Å². The molecule has 1 aliphatic rings. The van der Waals surface area contributed by atoms with Crippen LogP contribution >= 0.6 is 0 Å². The minimum absolute atomic E-state index is 0.0725. The van der Waals surface area contributed by atoms with Crippen LogP contribution in [-0.2, 0) is 9.53 Å². The van der Waals surface area contributed by atoms with Crippen LogP contribution in [0.25, 0.3) is 0 Å². The Bertz CT molecular complexity index is 212. The number of nitrogens with two attached hydrogens (primary N) is 1. The summed E-state index contributed by atoms with van der Waals surface area (Å²) in [5.41, 5.74) is 5.65. The molecule has 0 bridgehead atoms. The Balaban J connectivity index is 2.09. The third-order valence-electron chi connectivity index (χ3n) is 3.08. The van der Waals surface area contributed by atoms with Gasteiger partial charge in [-0.15, -0.1) is 0 Å². The van der Waals surface area contributed by atoms with Crippen LogP contribution in [0.1, 0.15) is 46.0 Å². The molecule has 16 heavy (non-hydrogen) atoms. The minimum Gasteiger partial charge on any atom is -0.466 e.